The van der Waals surface area contributed by atoms with Crippen LogP contribution in [0.3, 0.4) is 0 Å². The summed E-state index contributed by atoms with van der Waals surface area (Å²) in [5.74, 6) is 0.566. The van der Waals surface area contributed by atoms with Gasteiger partial charge in [-0.1, -0.05) is 32.9 Å². The Morgan fingerprint density at radius 2 is 1.77 bits per heavy atom. The summed E-state index contributed by atoms with van der Waals surface area (Å²) in [5.41, 5.74) is 2.21. The van der Waals surface area contributed by atoms with Crippen LogP contribution in [0, 0.1) is 0 Å². The van der Waals surface area contributed by atoms with Crippen molar-refractivity contribution in [2.75, 3.05) is 38.0 Å². The molecule has 2 rings (SSSR count). The van der Waals surface area contributed by atoms with Crippen molar-refractivity contribution < 1.29 is 4.79 Å². The highest BCUT2D eigenvalue weighted by atomic mass is 16.2. The van der Waals surface area contributed by atoms with Crippen LogP contribution in [0.5, 0.6) is 0 Å². The second-order valence-electron chi connectivity index (χ2n) is 6.19. The summed E-state index contributed by atoms with van der Waals surface area (Å²) in [4.78, 5) is 16.6. The first-order valence-corrected chi connectivity index (χ1v) is 8.52. The van der Waals surface area contributed by atoms with Gasteiger partial charge >= 0.3 is 6.03 Å². The molecule has 1 atom stereocenters. The number of hydrogen-bond acceptors (Lipinski definition) is 2. The molecule has 1 fully saturated rings. The van der Waals surface area contributed by atoms with Gasteiger partial charge in [0.1, 0.15) is 0 Å². The molecule has 0 spiro atoms. The van der Waals surface area contributed by atoms with Gasteiger partial charge in [0.25, 0.3) is 0 Å². The molecule has 1 heterocycles. The van der Waals surface area contributed by atoms with Crippen LogP contribution < -0.4 is 5.32 Å². The second kappa shape index (κ2) is 8.18. The number of amides is 2. The van der Waals surface area contributed by atoms with Crippen LogP contribution >= 0.6 is 0 Å². The van der Waals surface area contributed by atoms with Crippen LogP contribution in [0.25, 0.3) is 0 Å². The number of nitrogens with one attached hydrogen (secondary N) is 1. The van der Waals surface area contributed by atoms with Gasteiger partial charge in [-0.2, -0.15) is 0 Å². The number of carbonyl (C=O) groups is 1. The molecule has 0 saturated carbocycles. The maximum Gasteiger partial charge on any atom is 0.321 e. The van der Waals surface area contributed by atoms with Crippen molar-refractivity contribution >= 4 is 11.7 Å². The molecule has 1 aromatic rings. The summed E-state index contributed by atoms with van der Waals surface area (Å²) in [5, 5.41) is 3.01. The minimum atomic E-state index is 0.0208. The number of urea groups is 1. The standard InChI is InChI=1S/C18H29N3O/c1-4-10-20-11-13-21(14-12-20)18(22)19-17-8-6-16(7-9-17)15(3)5-2/h6-9,15H,4-5,10-14H2,1-3H3,(H,19,22)/t15-/m1/s1. The van der Waals surface area contributed by atoms with E-state index in [4.69, 9.17) is 0 Å². The Balaban J connectivity index is 1.84. The molecule has 0 bridgehead atoms. The van der Waals surface area contributed by atoms with E-state index < -0.39 is 0 Å². The van der Waals surface area contributed by atoms with Crippen molar-refractivity contribution in [3.05, 3.63) is 29.8 Å². The lowest BCUT2D eigenvalue weighted by molar-refractivity contribution is 0.147. The molecule has 4 nitrogen and oxygen atoms in total. The zero-order valence-corrected chi connectivity index (χ0v) is 14.1. The Kier molecular flexibility index (Phi) is 6.25. The molecule has 0 aliphatic carbocycles. The molecule has 2 amide bonds. The Bertz CT molecular complexity index is 464. The quantitative estimate of drug-likeness (QED) is 0.899. The number of piperazine rings is 1. The average molecular weight is 303 g/mol. The third-order valence-corrected chi connectivity index (χ3v) is 4.54. The van der Waals surface area contributed by atoms with Crippen LogP contribution in [0.2, 0.25) is 0 Å². The molecule has 1 aliphatic rings. The van der Waals surface area contributed by atoms with Crippen molar-refractivity contribution in [2.24, 2.45) is 0 Å². The van der Waals surface area contributed by atoms with Crippen molar-refractivity contribution in [3.63, 3.8) is 0 Å². The molecule has 4 heteroatoms. The predicted octanol–water partition coefficient (Wildman–Crippen LogP) is 3.76. The fourth-order valence-corrected chi connectivity index (χ4v) is 2.82. The van der Waals surface area contributed by atoms with Crippen LogP contribution in [-0.2, 0) is 0 Å². The summed E-state index contributed by atoms with van der Waals surface area (Å²) in [6, 6.07) is 8.26. The Morgan fingerprint density at radius 3 is 2.32 bits per heavy atom. The minimum absolute atomic E-state index is 0.0208. The first-order chi connectivity index (χ1) is 10.6. The van der Waals surface area contributed by atoms with E-state index in [1.54, 1.807) is 0 Å². The van der Waals surface area contributed by atoms with E-state index in [0.29, 0.717) is 5.92 Å². The van der Waals surface area contributed by atoms with Gasteiger partial charge in [-0.3, -0.25) is 4.90 Å². The predicted molar refractivity (Wildman–Crippen MR) is 92.5 cm³/mol. The van der Waals surface area contributed by atoms with E-state index in [9.17, 15) is 4.79 Å². The molecule has 1 N–H and O–H groups in total. The first-order valence-electron chi connectivity index (χ1n) is 8.52. The van der Waals surface area contributed by atoms with E-state index in [1.807, 2.05) is 17.0 Å². The van der Waals surface area contributed by atoms with Crippen LogP contribution in [0.4, 0.5) is 10.5 Å². The first kappa shape index (κ1) is 16.8. The van der Waals surface area contributed by atoms with E-state index in [1.165, 1.54) is 12.0 Å². The van der Waals surface area contributed by atoms with Crippen molar-refractivity contribution in [3.8, 4) is 0 Å². The van der Waals surface area contributed by atoms with Gasteiger partial charge in [-0.25, -0.2) is 4.79 Å². The van der Waals surface area contributed by atoms with E-state index in [-0.39, 0.29) is 6.03 Å². The van der Waals surface area contributed by atoms with E-state index in [2.05, 4.69) is 43.1 Å². The molecule has 1 aliphatic heterocycles. The number of benzene rings is 1. The molecular formula is C18H29N3O. The van der Waals surface area contributed by atoms with Crippen molar-refractivity contribution in [2.45, 2.75) is 39.5 Å². The number of rotatable bonds is 5. The topological polar surface area (TPSA) is 35.6 Å². The summed E-state index contributed by atoms with van der Waals surface area (Å²) in [6.45, 7) is 11.3. The maximum atomic E-state index is 12.3. The van der Waals surface area contributed by atoms with Gasteiger partial charge in [0.2, 0.25) is 0 Å². The number of hydrogen-bond donors (Lipinski definition) is 1. The van der Waals surface area contributed by atoms with Gasteiger partial charge < -0.3 is 10.2 Å². The molecule has 0 unspecified atom stereocenters. The summed E-state index contributed by atoms with van der Waals surface area (Å²) < 4.78 is 0. The van der Waals surface area contributed by atoms with Gasteiger partial charge in [0, 0.05) is 31.9 Å². The van der Waals surface area contributed by atoms with Gasteiger partial charge in [0.15, 0.2) is 0 Å². The number of nitrogens with zero attached hydrogens (tertiary/aromatic N) is 2. The number of carbonyl (C=O) groups excluding carboxylic acids is 1. The lowest BCUT2D eigenvalue weighted by Crippen LogP contribution is -2.50. The molecule has 0 radical (unpaired) electrons. The normalized spacial score (nSPS) is 17.3. The highest BCUT2D eigenvalue weighted by Gasteiger charge is 2.20. The molecular weight excluding hydrogens is 274 g/mol. The average Bonchev–Trinajstić information content (AvgIpc) is 2.55. The highest BCUT2D eigenvalue weighted by molar-refractivity contribution is 5.89. The summed E-state index contributed by atoms with van der Waals surface area (Å²) >= 11 is 0. The van der Waals surface area contributed by atoms with Crippen LogP contribution in [-0.4, -0.2) is 48.6 Å². The van der Waals surface area contributed by atoms with E-state index in [0.717, 1.165) is 44.8 Å². The summed E-state index contributed by atoms with van der Waals surface area (Å²) in [7, 11) is 0. The van der Waals surface area contributed by atoms with Crippen molar-refractivity contribution in [1.82, 2.24) is 9.80 Å². The van der Waals surface area contributed by atoms with Gasteiger partial charge in [-0.15, -0.1) is 0 Å². The third-order valence-electron chi connectivity index (χ3n) is 4.54. The fourth-order valence-electron chi connectivity index (χ4n) is 2.82. The largest absolute Gasteiger partial charge is 0.322 e. The smallest absolute Gasteiger partial charge is 0.321 e. The molecule has 22 heavy (non-hydrogen) atoms. The van der Waals surface area contributed by atoms with Crippen LogP contribution in [0.1, 0.15) is 45.1 Å². The summed E-state index contributed by atoms with van der Waals surface area (Å²) in [6.07, 6.45) is 2.31. The zero-order chi connectivity index (χ0) is 15.9. The zero-order valence-electron chi connectivity index (χ0n) is 14.1. The SMILES string of the molecule is CCCN1CCN(C(=O)Nc2ccc([C@H](C)CC)cc2)CC1. The Morgan fingerprint density at radius 1 is 1.14 bits per heavy atom. The van der Waals surface area contributed by atoms with E-state index >= 15 is 0 Å². The third kappa shape index (κ3) is 4.47. The Labute approximate surface area is 134 Å². The molecule has 122 valence electrons. The van der Waals surface area contributed by atoms with Crippen molar-refractivity contribution in [1.29, 1.82) is 0 Å². The molecule has 0 aromatic heterocycles. The monoisotopic (exact) mass is 303 g/mol. The van der Waals surface area contributed by atoms with Gasteiger partial charge in [0.05, 0.1) is 0 Å². The van der Waals surface area contributed by atoms with Crippen LogP contribution in [0.15, 0.2) is 24.3 Å². The fraction of sp³-hybridized carbons (Fsp3) is 0.611. The molecule has 1 aromatic carbocycles. The lowest BCUT2D eigenvalue weighted by Gasteiger charge is -2.34. The minimum Gasteiger partial charge on any atom is -0.322 e. The number of anilines is 1. The second-order valence-corrected chi connectivity index (χ2v) is 6.19. The lowest BCUT2D eigenvalue weighted by atomic mass is 9.99. The van der Waals surface area contributed by atoms with Gasteiger partial charge in [-0.05, 0) is 43.0 Å². The Hall–Kier alpha value is -1.55. The molecule has 1 saturated heterocycles. The maximum absolute atomic E-state index is 12.3. The highest BCUT2D eigenvalue weighted by Crippen LogP contribution is 2.20.